The van der Waals surface area contributed by atoms with Crippen LogP contribution in [0.2, 0.25) is 0 Å². The van der Waals surface area contributed by atoms with Crippen molar-refractivity contribution in [1.29, 1.82) is 0 Å². The highest BCUT2D eigenvalue weighted by Gasteiger charge is 2.10. The quantitative estimate of drug-likeness (QED) is 0.417. The van der Waals surface area contributed by atoms with Crippen LogP contribution < -0.4 is 0 Å². The van der Waals surface area contributed by atoms with Gasteiger partial charge in [-0.3, -0.25) is 4.79 Å². The fourth-order valence-corrected chi connectivity index (χ4v) is 3.94. The Morgan fingerprint density at radius 1 is 1.22 bits per heavy atom. The third-order valence-corrected chi connectivity index (χ3v) is 5.10. The molecule has 0 unspecified atom stereocenters. The van der Waals surface area contributed by atoms with Crippen LogP contribution in [0, 0.1) is 0 Å². The van der Waals surface area contributed by atoms with Gasteiger partial charge < -0.3 is 0 Å². The van der Waals surface area contributed by atoms with Gasteiger partial charge in [0.1, 0.15) is 16.2 Å². The van der Waals surface area contributed by atoms with Crippen LogP contribution in [-0.2, 0) is 0 Å². The van der Waals surface area contributed by atoms with E-state index in [0.717, 1.165) is 20.1 Å². The Morgan fingerprint density at radius 3 is 3.00 bits per heavy atom. The Kier molecular flexibility index (Phi) is 3.40. The van der Waals surface area contributed by atoms with E-state index in [1.807, 2.05) is 29.0 Å². The molecule has 3 nitrogen and oxygen atoms in total. The second-order valence-electron chi connectivity index (χ2n) is 3.51. The minimum absolute atomic E-state index is 0.150. The molecule has 0 radical (unpaired) electrons. The topological polar surface area (TPSA) is 42.9 Å². The van der Waals surface area contributed by atoms with Crippen LogP contribution in [0.25, 0.3) is 10.2 Å². The highest BCUT2D eigenvalue weighted by atomic mass is 32.2. The summed E-state index contributed by atoms with van der Waals surface area (Å²) in [6, 6.07) is 5.75. The van der Waals surface area contributed by atoms with Gasteiger partial charge in [0.15, 0.2) is 5.78 Å². The SMILES string of the molecule is O=C(CSc1ncnc2sccc12)c1cccs1. The molecule has 0 atom stereocenters. The van der Waals surface area contributed by atoms with E-state index < -0.39 is 0 Å². The second kappa shape index (κ2) is 5.17. The zero-order chi connectivity index (χ0) is 12.4. The van der Waals surface area contributed by atoms with E-state index in [1.54, 1.807) is 17.7 Å². The first kappa shape index (κ1) is 11.8. The number of ketones is 1. The fourth-order valence-electron chi connectivity index (χ4n) is 1.52. The number of thioether (sulfide) groups is 1. The molecule has 0 fully saturated rings. The van der Waals surface area contributed by atoms with Crippen molar-refractivity contribution in [1.82, 2.24) is 9.97 Å². The maximum atomic E-state index is 11.9. The molecule has 0 aliphatic rings. The van der Waals surface area contributed by atoms with Gasteiger partial charge in [-0.2, -0.15) is 0 Å². The van der Waals surface area contributed by atoms with Crippen LogP contribution in [0.1, 0.15) is 9.67 Å². The molecule has 0 bridgehead atoms. The molecule has 3 aromatic heterocycles. The number of aromatic nitrogens is 2. The molecule has 6 heteroatoms. The zero-order valence-corrected chi connectivity index (χ0v) is 11.6. The molecule has 3 heterocycles. The second-order valence-corrected chi connectivity index (χ2v) is 6.31. The molecule has 3 aromatic rings. The van der Waals surface area contributed by atoms with Gasteiger partial charge in [0.05, 0.1) is 10.6 Å². The molecule has 0 spiro atoms. The Morgan fingerprint density at radius 2 is 2.17 bits per heavy atom. The number of carbonyl (C=O) groups excluding carboxylic acids is 1. The van der Waals surface area contributed by atoms with Gasteiger partial charge in [0.25, 0.3) is 0 Å². The van der Waals surface area contributed by atoms with E-state index >= 15 is 0 Å². The summed E-state index contributed by atoms with van der Waals surface area (Å²) in [5, 5.41) is 5.82. The van der Waals surface area contributed by atoms with Crippen molar-refractivity contribution in [3.05, 3.63) is 40.2 Å². The van der Waals surface area contributed by atoms with Crippen LogP contribution in [0.4, 0.5) is 0 Å². The fraction of sp³-hybridized carbons (Fsp3) is 0.0833. The lowest BCUT2D eigenvalue weighted by molar-refractivity contribution is 0.102. The third kappa shape index (κ3) is 2.31. The minimum Gasteiger partial charge on any atom is -0.292 e. The van der Waals surface area contributed by atoms with E-state index in [9.17, 15) is 4.79 Å². The van der Waals surface area contributed by atoms with E-state index in [4.69, 9.17) is 0 Å². The summed E-state index contributed by atoms with van der Waals surface area (Å²) in [7, 11) is 0. The summed E-state index contributed by atoms with van der Waals surface area (Å²) in [6.45, 7) is 0. The van der Waals surface area contributed by atoms with Crippen molar-refractivity contribution in [2.45, 2.75) is 5.03 Å². The smallest absolute Gasteiger partial charge is 0.183 e. The van der Waals surface area contributed by atoms with Crippen molar-refractivity contribution < 1.29 is 4.79 Å². The van der Waals surface area contributed by atoms with Gasteiger partial charge in [-0.05, 0) is 22.9 Å². The van der Waals surface area contributed by atoms with Crippen molar-refractivity contribution in [3.63, 3.8) is 0 Å². The maximum absolute atomic E-state index is 11.9. The first-order valence-electron chi connectivity index (χ1n) is 5.22. The molecule has 90 valence electrons. The average Bonchev–Trinajstić information content (AvgIpc) is 3.05. The normalized spacial score (nSPS) is 10.9. The monoisotopic (exact) mass is 292 g/mol. The average molecular weight is 292 g/mol. The molecule has 0 saturated heterocycles. The lowest BCUT2D eigenvalue weighted by Gasteiger charge is -2.00. The lowest BCUT2D eigenvalue weighted by Crippen LogP contribution is -1.99. The van der Waals surface area contributed by atoms with E-state index in [2.05, 4.69) is 9.97 Å². The number of fused-ring (bicyclic) bond motifs is 1. The number of Topliss-reactive ketones (excluding diaryl/α,β-unsaturated/α-hetero) is 1. The number of thiophene rings is 2. The van der Waals surface area contributed by atoms with Crippen molar-refractivity contribution in [2.24, 2.45) is 0 Å². The Labute approximate surface area is 116 Å². The largest absolute Gasteiger partial charge is 0.292 e. The lowest BCUT2D eigenvalue weighted by atomic mass is 10.4. The highest BCUT2D eigenvalue weighted by molar-refractivity contribution is 8.00. The molecule has 0 N–H and O–H groups in total. The van der Waals surface area contributed by atoms with Crippen LogP contribution in [0.3, 0.4) is 0 Å². The molecular weight excluding hydrogens is 284 g/mol. The summed E-state index contributed by atoms with van der Waals surface area (Å²) < 4.78 is 0. The number of carbonyl (C=O) groups is 1. The van der Waals surface area contributed by atoms with Gasteiger partial charge in [0.2, 0.25) is 0 Å². The molecule has 0 aliphatic carbocycles. The van der Waals surface area contributed by atoms with Gasteiger partial charge in [-0.25, -0.2) is 9.97 Å². The Balaban J connectivity index is 1.77. The predicted octanol–water partition coefficient (Wildman–Crippen LogP) is 3.73. The molecule has 0 aromatic carbocycles. The van der Waals surface area contributed by atoms with Crippen LogP contribution in [-0.4, -0.2) is 21.5 Å². The summed E-state index contributed by atoms with van der Waals surface area (Å²) >= 11 is 4.54. The number of rotatable bonds is 4. The van der Waals surface area contributed by atoms with Gasteiger partial charge >= 0.3 is 0 Å². The van der Waals surface area contributed by atoms with E-state index in [0.29, 0.717) is 5.75 Å². The first-order chi connectivity index (χ1) is 8.84. The van der Waals surface area contributed by atoms with Crippen molar-refractivity contribution in [2.75, 3.05) is 5.75 Å². The van der Waals surface area contributed by atoms with Gasteiger partial charge in [0, 0.05) is 5.39 Å². The number of hydrogen-bond donors (Lipinski definition) is 0. The van der Waals surface area contributed by atoms with Crippen molar-refractivity contribution in [3.8, 4) is 0 Å². The molecule has 0 amide bonds. The third-order valence-electron chi connectivity index (χ3n) is 2.36. The first-order valence-corrected chi connectivity index (χ1v) is 7.97. The molecule has 3 rings (SSSR count). The maximum Gasteiger partial charge on any atom is 0.183 e. The summed E-state index contributed by atoms with van der Waals surface area (Å²) in [4.78, 5) is 22.1. The van der Waals surface area contributed by atoms with Crippen LogP contribution >= 0.6 is 34.4 Å². The summed E-state index contributed by atoms with van der Waals surface area (Å²) in [5.41, 5.74) is 0. The predicted molar refractivity (Wildman–Crippen MR) is 76.8 cm³/mol. The van der Waals surface area contributed by atoms with Crippen LogP contribution in [0.5, 0.6) is 0 Å². The molecule has 0 aliphatic heterocycles. The molecule has 0 saturated carbocycles. The van der Waals surface area contributed by atoms with E-state index in [-0.39, 0.29) is 5.78 Å². The minimum atomic E-state index is 0.150. The number of nitrogens with zero attached hydrogens (tertiary/aromatic N) is 2. The highest BCUT2D eigenvalue weighted by Crippen LogP contribution is 2.28. The van der Waals surface area contributed by atoms with E-state index in [1.165, 1.54) is 23.1 Å². The summed E-state index contributed by atoms with van der Waals surface area (Å²) in [6.07, 6.45) is 1.55. The zero-order valence-electron chi connectivity index (χ0n) is 9.20. The Hall–Kier alpha value is -1.24. The molecule has 18 heavy (non-hydrogen) atoms. The Bertz CT molecular complexity index is 676. The molecular formula is C12H8N2OS3. The van der Waals surface area contributed by atoms with Crippen molar-refractivity contribution >= 4 is 50.4 Å². The van der Waals surface area contributed by atoms with Crippen LogP contribution in [0.15, 0.2) is 40.3 Å². The standard InChI is InChI=1S/C12H8N2OS3/c15-9(10-2-1-4-16-10)6-18-12-8-3-5-17-11(8)13-7-14-12/h1-5,7H,6H2. The van der Waals surface area contributed by atoms with Gasteiger partial charge in [-0.1, -0.05) is 17.8 Å². The van der Waals surface area contributed by atoms with Gasteiger partial charge in [-0.15, -0.1) is 22.7 Å². The number of hydrogen-bond acceptors (Lipinski definition) is 6. The summed E-state index contributed by atoms with van der Waals surface area (Å²) in [5.74, 6) is 0.569.